The number of hydrogen-bond donors (Lipinski definition) is 2. The third-order valence-corrected chi connectivity index (χ3v) is 4.87. The maximum atomic E-state index is 9.40. The van der Waals surface area contributed by atoms with Gasteiger partial charge in [-0.05, 0) is 57.0 Å². The highest BCUT2D eigenvalue weighted by Gasteiger charge is 2.35. The van der Waals surface area contributed by atoms with Crippen molar-refractivity contribution in [1.29, 1.82) is 0 Å². The fourth-order valence-corrected chi connectivity index (χ4v) is 3.65. The Kier molecular flexibility index (Phi) is 6.27. The molecule has 2 aliphatic rings. The van der Waals surface area contributed by atoms with Gasteiger partial charge in [0.1, 0.15) is 0 Å². The molecule has 0 aromatic carbocycles. The Bertz CT molecular complexity index is 274. The molecule has 2 N–H and O–H groups in total. The van der Waals surface area contributed by atoms with Crippen molar-refractivity contribution in [1.82, 2.24) is 10.2 Å². The van der Waals surface area contributed by atoms with Gasteiger partial charge in [-0.3, -0.25) is 0 Å². The molecule has 2 fully saturated rings. The van der Waals surface area contributed by atoms with E-state index in [0.29, 0.717) is 11.3 Å². The highest BCUT2D eigenvalue weighted by atomic mass is 16.5. The molecule has 0 atom stereocenters. The lowest BCUT2D eigenvalue weighted by Gasteiger charge is -2.42. The van der Waals surface area contributed by atoms with Crippen molar-refractivity contribution in [2.24, 2.45) is 11.3 Å². The lowest BCUT2D eigenvalue weighted by Crippen LogP contribution is -2.48. The van der Waals surface area contributed by atoms with E-state index in [1.807, 2.05) is 0 Å². The molecule has 1 heterocycles. The Hall–Kier alpha value is -0.160. The summed E-state index contributed by atoms with van der Waals surface area (Å²) in [6.45, 7) is 8.54. The number of rotatable bonds is 8. The summed E-state index contributed by atoms with van der Waals surface area (Å²) in [5, 5.41) is 13.0. The first-order chi connectivity index (χ1) is 9.63. The van der Waals surface area contributed by atoms with Crippen molar-refractivity contribution in [3.63, 3.8) is 0 Å². The Labute approximate surface area is 123 Å². The van der Waals surface area contributed by atoms with E-state index in [9.17, 15) is 5.11 Å². The van der Waals surface area contributed by atoms with Crippen LogP contribution in [0.3, 0.4) is 0 Å². The summed E-state index contributed by atoms with van der Waals surface area (Å²) >= 11 is 0. The molecule has 4 heteroatoms. The van der Waals surface area contributed by atoms with Crippen molar-refractivity contribution in [3.05, 3.63) is 0 Å². The Morgan fingerprint density at radius 3 is 2.60 bits per heavy atom. The van der Waals surface area contributed by atoms with E-state index in [1.54, 1.807) is 0 Å². The van der Waals surface area contributed by atoms with E-state index in [0.717, 1.165) is 52.2 Å². The molecule has 0 aromatic heterocycles. The summed E-state index contributed by atoms with van der Waals surface area (Å²) in [7, 11) is 2.24. The first-order valence-corrected chi connectivity index (χ1v) is 8.28. The predicted octanol–water partition coefficient (Wildman–Crippen LogP) is 1.49. The zero-order valence-electron chi connectivity index (χ0n) is 13.2. The van der Waals surface area contributed by atoms with Crippen LogP contribution < -0.4 is 5.32 Å². The summed E-state index contributed by atoms with van der Waals surface area (Å²) in [6, 6.07) is 0. The molecule has 1 aliphatic heterocycles. The van der Waals surface area contributed by atoms with E-state index >= 15 is 0 Å². The molecule has 20 heavy (non-hydrogen) atoms. The number of aliphatic hydroxyl groups excluding tert-OH is 1. The molecule has 1 aliphatic carbocycles. The second-order valence-corrected chi connectivity index (χ2v) is 6.98. The average molecular weight is 284 g/mol. The minimum Gasteiger partial charge on any atom is -0.393 e. The van der Waals surface area contributed by atoms with Crippen LogP contribution in [-0.2, 0) is 4.74 Å². The first-order valence-electron chi connectivity index (χ1n) is 8.28. The van der Waals surface area contributed by atoms with Crippen molar-refractivity contribution < 1.29 is 9.84 Å². The number of aliphatic hydroxyl groups is 1. The van der Waals surface area contributed by atoms with Gasteiger partial charge >= 0.3 is 0 Å². The van der Waals surface area contributed by atoms with Gasteiger partial charge in [0.25, 0.3) is 0 Å². The third-order valence-electron chi connectivity index (χ3n) is 4.87. The van der Waals surface area contributed by atoms with Crippen LogP contribution in [0.1, 0.15) is 39.0 Å². The Morgan fingerprint density at radius 1 is 1.30 bits per heavy atom. The topological polar surface area (TPSA) is 44.7 Å². The molecule has 0 radical (unpaired) electrons. The Morgan fingerprint density at radius 2 is 2.00 bits per heavy atom. The van der Waals surface area contributed by atoms with Gasteiger partial charge in [0.2, 0.25) is 0 Å². The molecular weight excluding hydrogens is 252 g/mol. The molecule has 118 valence electrons. The lowest BCUT2D eigenvalue weighted by molar-refractivity contribution is -0.0137. The third kappa shape index (κ3) is 4.69. The van der Waals surface area contributed by atoms with Gasteiger partial charge in [0, 0.05) is 32.8 Å². The van der Waals surface area contributed by atoms with E-state index < -0.39 is 0 Å². The molecule has 0 unspecified atom stereocenters. The molecule has 0 amide bonds. The summed E-state index contributed by atoms with van der Waals surface area (Å²) in [4.78, 5) is 2.48. The van der Waals surface area contributed by atoms with Crippen LogP contribution in [0, 0.1) is 11.3 Å². The van der Waals surface area contributed by atoms with E-state index in [2.05, 4.69) is 24.2 Å². The summed E-state index contributed by atoms with van der Waals surface area (Å²) < 4.78 is 5.56. The van der Waals surface area contributed by atoms with Crippen LogP contribution in [0.15, 0.2) is 0 Å². The highest BCUT2D eigenvalue weighted by Crippen LogP contribution is 2.33. The smallest absolute Gasteiger partial charge is 0.0546 e. The number of hydrogen-bond acceptors (Lipinski definition) is 4. The maximum absolute atomic E-state index is 9.40. The quantitative estimate of drug-likeness (QED) is 0.663. The van der Waals surface area contributed by atoms with Gasteiger partial charge in [0.05, 0.1) is 6.10 Å². The van der Waals surface area contributed by atoms with E-state index in [4.69, 9.17) is 4.74 Å². The summed E-state index contributed by atoms with van der Waals surface area (Å²) in [5.74, 6) is 0.704. The molecule has 1 saturated carbocycles. The van der Waals surface area contributed by atoms with E-state index in [-0.39, 0.29) is 6.10 Å². The fourth-order valence-electron chi connectivity index (χ4n) is 3.65. The number of nitrogens with zero attached hydrogens (tertiary/aromatic N) is 1. The average Bonchev–Trinajstić information content (AvgIpc) is 2.38. The Balaban J connectivity index is 1.79. The molecule has 0 spiro atoms. The number of ether oxygens (including phenoxy) is 1. The van der Waals surface area contributed by atoms with Gasteiger partial charge in [-0.1, -0.05) is 6.92 Å². The zero-order chi connectivity index (χ0) is 14.4. The van der Waals surface area contributed by atoms with Crippen molar-refractivity contribution in [2.75, 3.05) is 46.4 Å². The molecular formula is C16H32N2O2. The van der Waals surface area contributed by atoms with Crippen LogP contribution >= 0.6 is 0 Å². The predicted molar refractivity (Wildman–Crippen MR) is 81.9 cm³/mol. The minimum atomic E-state index is -0.0309. The van der Waals surface area contributed by atoms with Crippen LogP contribution in [0.25, 0.3) is 0 Å². The normalized spacial score (nSPS) is 29.4. The van der Waals surface area contributed by atoms with Gasteiger partial charge < -0.3 is 20.1 Å². The highest BCUT2D eigenvalue weighted by molar-refractivity contribution is 4.88. The van der Waals surface area contributed by atoms with Crippen LogP contribution in [0.5, 0.6) is 0 Å². The molecule has 0 aromatic rings. The molecule has 2 rings (SSSR count). The minimum absolute atomic E-state index is 0.0309. The monoisotopic (exact) mass is 284 g/mol. The van der Waals surface area contributed by atoms with Gasteiger partial charge in [-0.25, -0.2) is 0 Å². The molecule has 4 nitrogen and oxygen atoms in total. The molecule has 0 bridgehead atoms. The fraction of sp³-hybridized carbons (Fsp3) is 1.00. The molecule has 1 saturated heterocycles. The second-order valence-electron chi connectivity index (χ2n) is 6.98. The van der Waals surface area contributed by atoms with Gasteiger partial charge in [-0.15, -0.1) is 0 Å². The number of nitrogens with one attached hydrogen (secondary N) is 1. The van der Waals surface area contributed by atoms with Crippen molar-refractivity contribution in [3.8, 4) is 0 Å². The zero-order valence-corrected chi connectivity index (χ0v) is 13.2. The van der Waals surface area contributed by atoms with E-state index in [1.165, 1.54) is 19.3 Å². The van der Waals surface area contributed by atoms with Gasteiger partial charge in [0.15, 0.2) is 0 Å². The lowest BCUT2D eigenvalue weighted by atomic mass is 9.78. The van der Waals surface area contributed by atoms with Crippen molar-refractivity contribution in [2.45, 2.75) is 45.1 Å². The van der Waals surface area contributed by atoms with Gasteiger partial charge in [-0.2, -0.15) is 0 Å². The van der Waals surface area contributed by atoms with Crippen LogP contribution in [0.4, 0.5) is 0 Å². The van der Waals surface area contributed by atoms with Crippen molar-refractivity contribution >= 4 is 0 Å². The second kappa shape index (κ2) is 7.74. The maximum Gasteiger partial charge on any atom is 0.0546 e. The first kappa shape index (κ1) is 16.2. The SMILES string of the molecule is CCCNCC1(CN(C)CC2CC(O)C2)CCOCC1. The summed E-state index contributed by atoms with van der Waals surface area (Å²) in [6.07, 6.45) is 5.49. The standard InChI is InChI=1S/C16H32N2O2/c1-3-6-17-12-16(4-7-20-8-5-16)13-18(2)11-14-9-15(19)10-14/h14-15,17,19H,3-13H2,1-2H3. The largest absolute Gasteiger partial charge is 0.393 e. The van der Waals surface area contributed by atoms with Crippen LogP contribution in [0.2, 0.25) is 0 Å². The summed E-state index contributed by atoms with van der Waals surface area (Å²) in [5.41, 5.74) is 0.379. The van der Waals surface area contributed by atoms with Crippen LogP contribution in [-0.4, -0.2) is 62.6 Å².